The molecule has 1 aromatic heterocycles. The van der Waals surface area contributed by atoms with Crippen molar-refractivity contribution in [1.82, 2.24) is 19.7 Å². The standard InChI is InChI=1S/C14H18N4O/c19-13-6-8-17(9-7-13)10-14-15-11-18(16-14)12-4-2-1-3-5-12/h1-5,11,13,19H,6-10H2. The zero-order valence-corrected chi connectivity index (χ0v) is 10.8. The highest BCUT2D eigenvalue weighted by atomic mass is 16.3. The molecule has 1 fully saturated rings. The fraction of sp³-hybridized carbons (Fsp3) is 0.429. The molecule has 0 bridgehead atoms. The Hall–Kier alpha value is -1.72. The monoisotopic (exact) mass is 258 g/mol. The molecule has 0 aliphatic carbocycles. The van der Waals surface area contributed by atoms with Crippen molar-refractivity contribution in [3.63, 3.8) is 0 Å². The van der Waals surface area contributed by atoms with E-state index in [1.807, 2.05) is 30.3 Å². The minimum atomic E-state index is -0.133. The Balaban J connectivity index is 1.65. The lowest BCUT2D eigenvalue weighted by Gasteiger charge is -2.28. The van der Waals surface area contributed by atoms with Gasteiger partial charge in [0, 0.05) is 13.1 Å². The van der Waals surface area contributed by atoms with Gasteiger partial charge in [0.2, 0.25) is 0 Å². The van der Waals surface area contributed by atoms with E-state index in [-0.39, 0.29) is 6.10 Å². The zero-order valence-electron chi connectivity index (χ0n) is 10.8. The number of rotatable bonds is 3. The van der Waals surface area contributed by atoms with E-state index in [2.05, 4.69) is 15.0 Å². The van der Waals surface area contributed by atoms with Crippen LogP contribution < -0.4 is 0 Å². The molecule has 3 rings (SSSR count). The van der Waals surface area contributed by atoms with Crippen LogP contribution in [0.3, 0.4) is 0 Å². The smallest absolute Gasteiger partial charge is 0.164 e. The number of benzene rings is 1. The number of aliphatic hydroxyl groups excluding tert-OH is 1. The summed E-state index contributed by atoms with van der Waals surface area (Å²) in [4.78, 5) is 6.64. The van der Waals surface area contributed by atoms with Crippen molar-refractivity contribution >= 4 is 0 Å². The Morgan fingerprint density at radius 2 is 1.89 bits per heavy atom. The first-order valence-corrected chi connectivity index (χ1v) is 6.67. The summed E-state index contributed by atoms with van der Waals surface area (Å²) < 4.78 is 1.80. The van der Waals surface area contributed by atoms with Crippen LogP contribution in [0.5, 0.6) is 0 Å². The second-order valence-electron chi connectivity index (χ2n) is 4.95. The van der Waals surface area contributed by atoms with Gasteiger partial charge in [0.15, 0.2) is 5.82 Å². The van der Waals surface area contributed by atoms with Crippen LogP contribution in [0.1, 0.15) is 18.7 Å². The number of hydrogen-bond donors (Lipinski definition) is 1. The van der Waals surface area contributed by atoms with Crippen LogP contribution in [-0.4, -0.2) is 44.0 Å². The molecule has 0 spiro atoms. The highest BCUT2D eigenvalue weighted by Crippen LogP contribution is 2.12. The minimum Gasteiger partial charge on any atom is -0.393 e. The van der Waals surface area contributed by atoms with E-state index in [4.69, 9.17) is 0 Å². The van der Waals surface area contributed by atoms with Crippen LogP contribution in [-0.2, 0) is 6.54 Å². The quantitative estimate of drug-likeness (QED) is 0.899. The first kappa shape index (κ1) is 12.3. The Morgan fingerprint density at radius 3 is 2.63 bits per heavy atom. The Labute approximate surface area is 112 Å². The topological polar surface area (TPSA) is 54.2 Å². The third kappa shape index (κ3) is 3.00. The van der Waals surface area contributed by atoms with E-state index >= 15 is 0 Å². The number of nitrogens with zero attached hydrogens (tertiary/aromatic N) is 4. The number of hydrogen-bond acceptors (Lipinski definition) is 4. The maximum atomic E-state index is 9.48. The lowest BCUT2D eigenvalue weighted by Crippen LogP contribution is -2.35. The molecule has 2 aromatic rings. The first-order chi connectivity index (χ1) is 9.31. The number of piperidine rings is 1. The van der Waals surface area contributed by atoms with Gasteiger partial charge in [-0.3, -0.25) is 4.90 Å². The highest BCUT2D eigenvalue weighted by Gasteiger charge is 2.18. The van der Waals surface area contributed by atoms with Gasteiger partial charge >= 0.3 is 0 Å². The van der Waals surface area contributed by atoms with Crippen molar-refractivity contribution in [2.24, 2.45) is 0 Å². The average Bonchev–Trinajstić information content (AvgIpc) is 2.91. The van der Waals surface area contributed by atoms with Gasteiger partial charge in [-0.2, -0.15) is 0 Å². The van der Waals surface area contributed by atoms with Gasteiger partial charge < -0.3 is 5.11 Å². The van der Waals surface area contributed by atoms with Crippen molar-refractivity contribution in [3.05, 3.63) is 42.5 Å². The Kier molecular flexibility index (Phi) is 3.57. The molecule has 5 heteroatoms. The van der Waals surface area contributed by atoms with Crippen molar-refractivity contribution in [3.8, 4) is 5.69 Å². The van der Waals surface area contributed by atoms with Gasteiger partial charge in [-0.1, -0.05) is 18.2 Å². The summed E-state index contributed by atoms with van der Waals surface area (Å²) in [5, 5.41) is 14.0. The second-order valence-corrected chi connectivity index (χ2v) is 4.95. The molecular formula is C14H18N4O. The summed E-state index contributed by atoms with van der Waals surface area (Å²) >= 11 is 0. The lowest BCUT2D eigenvalue weighted by molar-refractivity contribution is 0.0780. The molecule has 5 nitrogen and oxygen atoms in total. The van der Waals surface area contributed by atoms with Crippen molar-refractivity contribution in [2.75, 3.05) is 13.1 Å². The summed E-state index contributed by atoms with van der Waals surface area (Å²) in [6.07, 6.45) is 3.31. The summed E-state index contributed by atoms with van der Waals surface area (Å²) in [5.41, 5.74) is 1.02. The predicted octanol–water partition coefficient (Wildman–Crippen LogP) is 1.22. The third-order valence-corrected chi connectivity index (χ3v) is 3.48. The summed E-state index contributed by atoms with van der Waals surface area (Å²) in [5.74, 6) is 0.834. The second kappa shape index (κ2) is 5.50. The minimum absolute atomic E-state index is 0.133. The molecule has 1 aliphatic heterocycles. The van der Waals surface area contributed by atoms with E-state index in [9.17, 15) is 5.11 Å². The fourth-order valence-electron chi connectivity index (χ4n) is 2.35. The van der Waals surface area contributed by atoms with E-state index in [0.29, 0.717) is 0 Å². The molecule has 1 N–H and O–H groups in total. The molecule has 0 saturated carbocycles. The molecule has 1 aliphatic rings. The first-order valence-electron chi connectivity index (χ1n) is 6.67. The van der Waals surface area contributed by atoms with E-state index in [1.54, 1.807) is 11.0 Å². The van der Waals surface area contributed by atoms with Crippen LogP contribution in [0.25, 0.3) is 5.69 Å². The fourth-order valence-corrected chi connectivity index (χ4v) is 2.35. The largest absolute Gasteiger partial charge is 0.393 e. The van der Waals surface area contributed by atoms with Gasteiger partial charge in [0.05, 0.1) is 18.3 Å². The molecule has 100 valence electrons. The Bertz CT molecular complexity index is 517. The lowest BCUT2D eigenvalue weighted by atomic mass is 10.1. The van der Waals surface area contributed by atoms with Gasteiger partial charge in [-0.15, -0.1) is 5.10 Å². The Morgan fingerprint density at radius 1 is 1.16 bits per heavy atom. The van der Waals surface area contributed by atoms with E-state index in [1.165, 1.54) is 0 Å². The van der Waals surface area contributed by atoms with E-state index < -0.39 is 0 Å². The van der Waals surface area contributed by atoms with E-state index in [0.717, 1.165) is 44.0 Å². The van der Waals surface area contributed by atoms with Crippen molar-refractivity contribution in [2.45, 2.75) is 25.5 Å². The third-order valence-electron chi connectivity index (χ3n) is 3.48. The summed E-state index contributed by atoms with van der Waals surface area (Å²) in [6, 6.07) is 9.98. The molecule has 0 unspecified atom stereocenters. The van der Waals surface area contributed by atoms with Crippen molar-refractivity contribution < 1.29 is 5.11 Å². The molecule has 0 radical (unpaired) electrons. The molecule has 1 saturated heterocycles. The number of likely N-dealkylation sites (tertiary alicyclic amines) is 1. The normalized spacial score (nSPS) is 17.7. The van der Waals surface area contributed by atoms with Gasteiger partial charge in [0.25, 0.3) is 0 Å². The predicted molar refractivity (Wildman–Crippen MR) is 71.9 cm³/mol. The molecule has 19 heavy (non-hydrogen) atoms. The number of aromatic nitrogens is 3. The molecular weight excluding hydrogens is 240 g/mol. The molecule has 1 aromatic carbocycles. The molecule has 0 amide bonds. The SMILES string of the molecule is OC1CCN(Cc2ncn(-c3ccccc3)n2)CC1. The summed E-state index contributed by atoms with van der Waals surface area (Å²) in [7, 11) is 0. The average molecular weight is 258 g/mol. The van der Waals surface area contributed by atoms with Gasteiger partial charge in [-0.25, -0.2) is 9.67 Å². The van der Waals surface area contributed by atoms with Crippen LogP contribution in [0.4, 0.5) is 0 Å². The number of para-hydroxylation sites is 1. The van der Waals surface area contributed by atoms with Gasteiger partial charge in [-0.05, 0) is 25.0 Å². The molecule has 2 heterocycles. The maximum Gasteiger partial charge on any atom is 0.164 e. The van der Waals surface area contributed by atoms with Crippen LogP contribution in [0.2, 0.25) is 0 Å². The maximum absolute atomic E-state index is 9.48. The highest BCUT2D eigenvalue weighted by molar-refractivity contribution is 5.29. The number of aliphatic hydroxyl groups is 1. The van der Waals surface area contributed by atoms with Crippen LogP contribution in [0.15, 0.2) is 36.7 Å². The zero-order chi connectivity index (χ0) is 13.1. The molecule has 0 atom stereocenters. The van der Waals surface area contributed by atoms with Gasteiger partial charge in [0.1, 0.15) is 6.33 Å². The van der Waals surface area contributed by atoms with Crippen molar-refractivity contribution in [1.29, 1.82) is 0 Å². The van der Waals surface area contributed by atoms with Crippen LogP contribution in [0, 0.1) is 0 Å². The summed E-state index contributed by atoms with van der Waals surface area (Å²) in [6.45, 7) is 2.59. The van der Waals surface area contributed by atoms with Crippen LogP contribution >= 0.6 is 0 Å².